The molecule has 0 radical (unpaired) electrons. The van der Waals surface area contributed by atoms with Crippen molar-refractivity contribution >= 4 is 10.0 Å². The molecule has 0 spiro atoms. The van der Waals surface area contributed by atoms with Crippen LogP contribution in [0.4, 0.5) is 8.78 Å². The molecule has 0 unspecified atom stereocenters. The quantitative estimate of drug-likeness (QED) is 0.528. The van der Waals surface area contributed by atoms with Crippen molar-refractivity contribution in [3.8, 4) is 0 Å². The predicted octanol–water partition coefficient (Wildman–Crippen LogP) is 0.187. The first kappa shape index (κ1) is 16.7. The Kier molecular flexibility index (Phi) is 9.52. The van der Waals surface area contributed by atoms with Crippen LogP contribution in [0.2, 0.25) is 0 Å². The average Bonchev–Trinajstić information content (AvgIpc) is 2.23. The van der Waals surface area contributed by atoms with Gasteiger partial charge in [0.25, 0.3) is 6.43 Å². The molecule has 0 aromatic heterocycles. The van der Waals surface area contributed by atoms with Crippen LogP contribution in [-0.4, -0.2) is 53.9 Å². The van der Waals surface area contributed by atoms with Crippen molar-refractivity contribution in [2.45, 2.75) is 19.3 Å². The summed E-state index contributed by atoms with van der Waals surface area (Å²) >= 11 is 0. The van der Waals surface area contributed by atoms with Crippen LogP contribution in [0.5, 0.6) is 0 Å². The van der Waals surface area contributed by atoms with E-state index in [0.29, 0.717) is 6.42 Å². The molecule has 0 aromatic carbocycles. The highest BCUT2D eigenvalue weighted by Gasteiger charge is 2.09. The normalized spacial score (nSPS) is 12.2. The van der Waals surface area contributed by atoms with Crippen molar-refractivity contribution in [3.05, 3.63) is 0 Å². The van der Waals surface area contributed by atoms with E-state index < -0.39 is 23.1 Å². The molecule has 0 saturated carbocycles. The van der Waals surface area contributed by atoms with E-state index in [4.69, 9.17) is 0 Å². The lowest BCUT2D eigenvalue weighted by Gasteiger charge is -2.07. The number of nitrogens with one attached hydrogen (secondary N) is 2. The lowest BCUT2D eigenvalue weighted by atomic mass is 10.3. The van der Waals surface area contributed by atoms with Gasteiger partial charge in [-0.05, 0) is 26.4 Å². The number of unbranched alkanes of at least 4 members (excludes halogenated alkanes) is 1. The number of hydrogen-bond donors (Lipinski definition) is 2. The summed E-state index contributed by atoms with van der Waals surface area (Å²) in [5.41, 5.74) is 0. The highest BCUT2D eigenvalue weighted by Crippen LogP contribution is 1.94. The summed E-state index contributed by atoms with van der Waals surface area (Å²) < 4.78 is 52.9. The molecule has 17 heavy (non-hydrogen) atoms. The molecular weight excluding hydrogens is 254 g/mol. The van der Waals surface area contributed by atoms with Crippen molar-refractivity contribution in [2.75, 3.05) is 39.1 Å². The Morgan fingerprint density at radius 2 is 1.94 bits per heavy atom. The van der Waals surface area contributed by atoms with Crippen LogP contribution < -0.4 is 10.0 Å². The molecule has 0 aliphatic rings. The van der Waals surface area contributed by atoms with Crippen molar-refractivity contribution in [2.24, 2.45) is 0 Å². The largest absolute Gasteiger partial charge is 0.374 e. The fraction of sp³-hybridized carbons (Fsp3) is 1.00. The fourth-order valence-corrected chi connectivity index (χ4v) is 2.23. The summed E-state index contributed by atoms with van der Waals surface area (Å²) in [4.78, 5) is 0. The van der Waals surface area contributed by atoms with Crippen molar-refractivity contribution in [1.82, 2.24) is 10.0 Å². The highest BCUT2D eigenvalue weighted by molar-refractivity contribution is 7.89. The van der Waals surface area contributed by atoms with Gasteiger partial charge in [0.1, 0.15) is 6.61 Å². The van der Waals surface area contributed by atoms with Crippen LogP contribution in [0.25, 0.3) is 0 Å². The van der Waals surface area contributed by atoms with E-state index in [-0.39, 0.29) is 18.9 Å². The van der Waals surface area contributed by atoms with Gasteiger partial charge >= 0.3 is 0 Å². The Balaban J connectivity index is 3.51. The first-order valence-corrected chi connectivity index (χ1v) is 7.11. The van der Waals surface area contributed by atoms with Gasteiger partial charge in [-0.15, -0.1) is 0 Å². The van der Waals surface area contributed by atoms with E-state index in [2.05, 4.69) is 14.8 Å². The minimum absolute atomic E-state index is 0.0289. The Morgan fingerprint density at radius 3 is 2.53 bits per heavy atom. The summed E-state index contributed by atoms with van der Waals surface area (Å²) in [6.45, 7) is 0.0953. The zero-order valence-corrected chi connectivity index (χ0v) is 10.7. The third-order valence-electron chi connectivity index (χ3n) is 1.90. The number of ether oxygens (including phenoxy) is 1. The minimum atomic E-state index is -3.31. The third kappa shape index (κ3) is 11.9. The predicted molar refractivity (Wildman–Crippen MR) is 61.8 cm³/mol. The molecule has 0 aliphatic carbocycles. The molecule has 0 atom stereocenters. The van der Waals surface area contributed by atoms with Gasteiger partial charge in [-0.3, -0.25) is 0 Å². The van der Waals surface area contributed by atoms with Crippen LogP contribution >= 0.6 is 0 Å². The summed E-state index contributed by atoms with van der Waals surface area (Å²) in [7, 11) is -1.51. The second-order valence-corrected chi connectivity index (χ2v) is 5.42. The van der Waals surface area contributed by atoms with Crippen molar-refractivity contribution in [3.63, 3.8) is 0 Å². The maximum atomic E-state index is 11.7. The molecule has 104 valence electrons. The van der Waals surface area contributed by atoms with Crippen molar-refractivity contribution in [1.29, 1.82) is 0 Å². The summed E-state index contributed by atoms with van der Waals surface area (Å²) in [6.07, 6.45) is -1.18. The highest BCUT2D eigenvalue weighted by atomic mass is 32.2. The van der Waals surface area contributed by atoms with Gasteiger partial charge in [-0.2, -0.15) is 0 Å². The molecule has 8 heteroatoms. The van der Waals surface area contributed by atoms with E-state index in [1.165, 1.54) is 0 Å². The number of alkyl halides is 2. The molecule has 0 aliphatic heterocycles. The maximum absolute atomic E-state index is 11.7. The van der Waals surface area contributed by atoms with Gasteiger partial charge in [0.2, 0.25) is 10.0 Å². The van der Waals surface area contributed by atoms with Crippen LogP contribution in [0.1, 0.15) is 12.8 Å². The van der Waals surface area contributed by atoms with Crippen LogP contribution in [0, 0.1) is 0 Å². The van der Waals surface area contributed by atoms with E-state index in [1.807, 2.05) is 0 Å². The Hall–Kier alpha value is -0.310. The molecule has 0 bridgehead atoms. The Labute approximate surface area is 101 Å². The van der Waals surface area contributed by atoms with Gasteiger partial charge in [-0.25, -0.2) is 21.9 Å². The van der Waals surface area contributed by atoms with E-state index >= 15 is 0 Å². The van der Waals surface area contributed by atoms with Crippen LogP contribution in [0.3, 0.4) is 0 Å². The first-order valence-electron chi connectivity index (χ1n) is 5.46. The molecule has 2 N–H and O–H groups in total. The minimum Gasteiger partial charge on any atom is -0.374 e. The number of halogens is 2. The average molecular weight is 274 g/mol. The summed E-state index contributed by atoms with van der Waals surface area (Å²) in [6, 6.07) is 0. The number of sulfonamides is 1. The monoisotopic (exact) mass is 274 g/mol. The second-order valence-electron chi connectivity index (χ2n) is 3.49. The molecule has 0 saturated heterocycles. The van der Waals surface area contributed by atoms with Gasteiger partial charge in [0.15, 0.2) is 0 Å². The number of hydrogen-bond acceptors (Lipinski definition) is 4. The van der Waals surface area contributed by atoms with Crippen LogP contribution in [-0.2, 0) is 14.8 Å². The van der Waals surface area contributed by atoms with Crippen molar-refractivity contribution < 1.29 is 21.9 Å². The van der Waals surface area contributed by atoms with Gasteiger partial charge in [-0.1, -0.05) is 0 Å². The van der Waals surface area contributed by atoms with E-state index in [9.17, 15) is 17.2 Å². The summed E-state index contributed by atoms with van der Waals surface area (Å²) in [5, 5.41) is 2.92. The fourth-order valence-electron chi connectivity index (χ4n) is 1.11. The molecule has 0 rings (SSSR count). The van der Waals surface area contributed by atoms with E-state index in [1.54, 1.807) is 7.05 Å². The molecule has 0 aromatic rings. The molecule has 0 fully saturated rings. The second kappa shape index (κ2) is 9.69. The van der Waals surface area contributed by atoms with Gasteiger partial charge in [0.05, 0.1) is 12.4 Å². The third-order valence-corrected chi connectivity index (χ3v) is 3.37. The lowest BCUT2D eigenvalue weighted by Crippen LogP contribution is -2.30. The smallest absolute Gasteiger partial charge is 0.261 e. The maximum Gasteiger partial charge on any atom is 0.261 e. The lowest BCUT2D eigenvalue weighted by molar-refractivity contribution is 0.0199. The SMILES string of the molecule is CNCCCCS(=O)(=O)NCCOCC(F)F. The van der Waals surface area contributed by atoms with Gasteiger partial charge < -0.3 is 10.1 Å². The zero-order chi connectivity index (χ0) is 13.1. The van der Waals surface area contributed by atoms with Gasteiger partial charge in [0, 0.05) is 6.54 Å². The molecular formula is C9H20F2N2O3S. The summed E-state index contributed by atoms with van der Waals surface area (Å²) in [5.74, 6) is 0.0452. The zero-order valence-electron chi connectivity index (χ0n) is 9.92. The topological polar surface area (TPSA) is 67.4 Å². The van der Waals surface area contributed by atoms with E-state index in [0.717, 1.165) is 13.0 Å². The Morgan fingerprint density at radius 1 is 1.24 bits per heavy atom. The number of rotatable bonds is 11. The molecule has 0 heterocycles. The van der Waals surface area contributed by atoms with Crippen LogP contribution in [0.15, 0.2) is 0 Å². The first-order chi connectivity index (χ1) is 7.98. The Bertz CT molecular complexity index is 273. The molecule has 5 nitrogen and oxygen atoms in total. The standard InChI is InChI=1S/C9H20F2N2O3S/c1-12-4-2-3-7-17(14,15)13-5-6-16-8-9(10)11/h9,12-13H,2-8H2,1H3. The molecule has 0 amide bonds.